The molecule has 26 heavy (non-hydrogen) atoms. The van der Waals surface area contributed by atoms with Crippen LogP contribution in [0.25, 0.3) is 10.7 Å². The number of hydrogen-bond acceptors (Lipinski definition) is 6. The van der Waals surface area contributed by atoms with Gasteiger partial charge in [0.05, 0.1) is 4.88 Å². The summed E-state index contributed by atoms with van der Waals surface area (Å²) >= 11 is 1.53. The van der Waals surface area contributed by atoms with Crippen LogP contribution < -0.4 is 11.1 Å². The first kappa shape index (κ1) is 17.8. The number of nitrogens with zero attached hydrogens (tertiary/aromatic N) is 2. The maximum Gasteiger partial charge on any atom is 0.248 e. The highest BCUT2D eigenvalue weighted by molar-refractivity contribution is 7.13. The number of carbonyl (C=O) groups is 2. The van der Waals surface area contributed by atoms with Gasteiger partial charge >= 0.3 is 0 Å². The summed E-state index contributed by atoms with van der Waals surface area (Å²) in [5.41, 5.74) is 6.67. The topological polar surface area (TPSA) is 111 Å². The number of rotatable bonds is 8. The normalized spacial score (nSPS) is 10.6. The van der Waals surface area contributed by atoms with E-state index in [1.54, 1.807) is 18.2 Å². The maximum atomic E-state index is 11.9. The van der Waals surface area contributed by atoms with Gasteiger partial charge in [0, 0.05) is 24.9 Å². The minimum atomic E-state index is -0.461. The monoisotopic (exact) mass is 370 g/mol. The number of nitrogens with two attached hydrogens (primary N) is 1. The van der Waals surface area contributed by atoms with Crippen molar-refractivity contribution >= 4 is 23.2 Å². The summed E-state index contributed by atoms with van der Waals surface area (Å²) in [6, 6.07) is 10.9. The lowest BCUT2D eigenvalue weighted by molar-refractivity contribution is -0.121. The predicted octanol–water partition coefficient (Wildman–Crippen LogP) is 2.19. The molecule has 2 amide bonds. The second-order valence-electron chi connectivity index (χ2n) is 5.65. The van der Waals surface area contributed by atoms with Crippen molar-refractivity contribution in [1.82, 2.24) is 15.5 Å². The molecule has 0 atom stereocenters. The summed E-state index contributed by atoms with van der Waals surface area (Å²) in [4.78, 5) is 28.3. The Morgan fingerprint density at radius 3 is 2.85 bits per heavy atom. The third kappa shape index (κ3) is 4.76. The summed E-state index contributed by atoms with van der Waals surface area (Å²) in [6.45, 7) is 0.478. The number of aryl methyl sites for hydroxylation is 1. The molecular weight excluding hydrogens is 352 g/mol. The lowest BCUT2D eigenvalue weighted by Crippen LogP contribution is -2.26. The van der Waals surface area contributed by atoms with Crippen LogP contribution in [-0.2, 0) is 17.6 Å². The van der Waals surface area contributed by atoms with Gasteiger partial charge in [-0.1, -0.05) is 23.4 Å². The molecule has 8 heteroatoms. The molecule has 7 nitrogen and oxygen atoms in total. The Hall–Kier alpha value is -3.00. The summed E-state index contributed by atoms with van der Waals surface area (Å²) < 4.78 is 5.17. The van der Waals surface area contributed by atoms with Crippen LogP contribution in [-0.4, -0.2) is 28.5 Å². The van der Waals surface area contributed by atoms with Gasteiger partial charge in [-0.25, -0.2) is 0 Å². The Bertz CT molecular complexity index is 889. The average molecular weight is 370 g/mol. The molecule has 0 unspecified atom stereocenters. The highest BCUT2D eigenvalue weighted by Gasteiger charge is 2.11. The molecule has 3 aromatic rings. The van der Waals surface area contributed by atoms with E-state index in [2.05, 4.69) is 15.5 Å². The molecule has 2 aromatic heterocycles. The van der Waals surface area contributed by atoms with Crippen LogP contribution in [0.5, 0.6) is 0 Å². The van der Waals surface area contributed by atoms with Crippen LogP contribution in [0.4, 0.5) is 0 Å². The zero-order chi connectivity index (χ0) is 18.4. The van der Waals surface area contributed by atoms with Gasteiger partial charge in [-0.2, -0.15) is 4.98 Å². The SMILES string of the molecule is NC(=O)c1cccc(CCNC(=O)CCc2nc(-c3cccs3)no2)c1. The first-order valence-electron chi connectivity index (χ1n) is 8.14. The van der Waals surface area contributed by atoms with Crippen LogP contribution in [0.3, 0.4) is 0 Å². The maximum absolute atomic E-state index is 11.9. The largest absolute Gasteiger partial charge is 0.366 e. The smallest absolute Gasteiger partial charge is 0.248 e. The van der Waals surface area contributed by atoms with Crippen molar-refractivity contribution in [3.05, 3.63) is 58.8 Å². The van der Waals surface area contributed by atoms with Crippen molar-refractivity contribution in [2.24, 2.45) is 5.73 Å². The van der Waals surface area contributed by atoms with E-state index in [4.69, 9.17) is 10.3 Å². The van der Waals surface area contributed by atoms with E-state index in [9.17, 15) is 9.59 Å². The molecule has 1 aromatic carbocycles. The average Bonchev–Trinajstić information content (AvgIpc) is 3.31. The molecule has 0 fully saturated rings. The van der Waals surface area contributed by atoms with Crippen molar-refractivity contribution < 1.29 is 14.1 Å². The van der Waals surface area contributed by atoms with Gasteiger partial charge in [-0.3, -0.25) is 9.59 Å². The predicted molar refractivity (Wildman–Crippen MR) is 97.6 cm³/mol. The van der Waals surface area contributed by atoms with Crippen molar-refractivity contribution in [1.29, 1.82) is 0 Å². The van der Waals surface area contributed by atoms with Gasteiger partial charge < -0.3 is 15.6 Å². The van der Waals surface area contributed by atoms with E-state index < -0.39 is 5.91 Å². The first-order valence-corrected chi connectivity index (χ1v) is 9.01. The molecular formula is C18H18N4O3S. The van der Waals surface area contributed by atoms with Gasteiger partial charge in [0.25, 0.3) is 0 Å². The number of carbonyl (C=O) groups excluding carboxylic acids is 2. The molecule has 2 heterocycles. The number of hydrogen-bond donors (Lipinski definition) is 2. The Morgan fingerprint density at radius 1 is 1.19 bits per heavy atom. The fourth-order valence-electron chi connectivity index (χ4n) is 2.40. The van der Waals surface area contributed by atoms with Crippen LogP contribution in [0.1, 0.15) is 28.2 Å². The lowest BCUT2D eigenvalue weighted by Gasteiger charge is -2.05. The molecule has 3 rings (SSSR count). The number of nitrogens with one attached hydrogen (secondary N) is 1. The summed E-state index contributed by atoms with van der Waals surface area (Å²) in [5.74, 6) is 0.437. The Labute approximate surface area is 154 Å². The van der Waals surface area contributed by atoms with E-state index in [0.29, 0.717) is 36.7 Å². The Morgan fingerprint density at radius 2 is 2.08 bits per heavy atom. The zero-order valence-electron chi connectivity index (χ0n) is 14.0. The Balaban J connectivity index is 1.42. The van der Waals surface area contributed by atoms with Gasteiger partial charge in [0.15, 0.2) is 0 Å². The second kappa shape index (κ2) is 8.39. The first-order chi connectivity index (χ1) is 12.6. The third-order valence-electron chi connectivity index (χ3n) is 3.72. The minimum Gasteiger partial charge on any atom is -0.366 e. The molecule has 134 valence electrons. The number of thiophene rings is 1. The fraction of sp³-hybridized carbons (Fsp3) is 0.222. The molecule has 0 spiro atoms. The summed E-state index contributed by atoms with van der Waals surface area (Å²) in [6.07, 6.45) is 1.28. The summed E-state index contributed by atoms with van der Waals surface area (Å²) in [7, 11) is 0. The van der Waals surface area contributed by atoms with E-state index in [1.165, 1.54) is 11.3 Å². The van der Waals surface area contributed by atoms with Crippen molar-refractivity contribution in [2.75, 3.05) is 6.54 Å². The number of primary amides is 1. The standard InChI is InChI=1S/C18H18N4O3S/c19-17(24)13-4-1-3-12(11-13)8-9-20-15(23)6-7-16-21-18(22-25-16)14-5-2-10-26-14/h1-5,10-11H,6-9H2,(H2,19,24)(H,20,23). The Kier molecular flexibility index (Phi) is 5.75. The van der Waals surface area contributed by atoms with E-state index in [-0.39, 0.29) is 12.3 Å². The van der Waals surface area contributed by atoms with Crippen molar-refractivity contribution in [3.63, 3.8) is 0 Å². The number of benzene rings is 1. The molecule has 0 radical (unpaired) electrons. The van der Waals surface area contributed by atoms with Gasteiger partial charge in [-0.15, -0.1) is 11.3 Å². The van der Waals surface area contributed by atoms with Crippen molar-refractivity contribution in [3.8, 4) is 10.7 Å². The second-order valence-corrected chi connectivity index (χ2v) is 6.60. The van der Waals surface area contributed by atoms with Gasteiger partial charge in [-0.05, 0) is 35.6 Å². The number of amides is 2. The molecule has 0 saturated carbocycles. The van der Waals surface area contributed by atoms with Gasteiger partial charge in [0.2, 0.25) is 23.5 Å². The fourth-order valence-corrected chi connectivity index (χ4v) is 3.05. The highest BCUT2D eigenvalue weighted by Crippen LogP contribution is 2.21. The highest BCUT2D eigenvalue weighted by atomic mass is 32.1. The van der Waals surface area contributed by atoms with Crippen LogP contribution >= 0.6 is 11.3 Å². The quantitative estimate of drug-likeness (QED) is 0.631. The number of aromatic nitrogens is 2. The van der Waals surface area contributed by atoms with Crippen LogP contribution in [0.2, 0.25) is 0 Å². The molecule has 3 N–H and O–H groups in total. The van der Waals surface area contributed by atoms with Crippen molar-refractivity contribution in [2.45, 2.75) is 19.3 Å². The van der Waals surface area contributed by atoms with E-state index in [1.807, 2.05) is 23.6 Å². The zero-order valence-corrected chi connectivity index (χ0v) is 14.8. The molecule has 0 aliphatic heterocycles. The van der Waals surface area contributed by atoms with E-state index in [0.717, 1.165) is 10.4 Å². The van der Waals surface area contributed by atoms with E-state index >= 15 is 0 Å². The molecule has 0 bridgehead atoms. The minimum absolute atomic E-state index is 0.0908. The molecule has 0 aliphatic rings. The molecule has 0 aliphatic carbocycles. The van der Waals surface area contributed by atoms with Gasteiger partial charge in [0.1, 0.15) is 0 Å². The lowest BCUT2D eigenvalue weighted by atomic mass is 10.1. The third-order valence-corrected chi connectivity index (χ3v) is 4.59. The molecule has 0 saturated heterocycles. The van der Waals surface area contributed by atoms with Crippen LogP contribution in [0.15, 0.2) is 46.3 Å². The van der Waals surface area contributed by atoms with Crippen LogP contribution in [0, 0.1) is 0 Å². The summed E-state index contributed by atoms with van der Waals surface area (Å²) in [5, 5.41) is 8.70.